The summed E-state index contributed by atoms with van der Waals surface area (Å²) in [6.45, 7) is -0.245. The summed E-state index contributed by atoms with van der Waals surface area (Å²) in [4.78, 5) is 10.9. The minimum Gasteiger partial charge on any atom is -0.466 e. The number of hydrazone groups is 1. The van der Waals surface area contributed by atoms with Gasteiger partial charge < -0.3 is 4.74 Å². The van der Waals surface area contributed by atoms with Gasteiger partial charge in [-0.05, 0) is 36.5 Å². The first-order valence-electron chi connectivity index (χ1n) is 6.16. The molecule has 1 aromatic rings. The lowest BCUT2D eigenvalue weighted by Crippen LogP contribution is -2.32. The Kier molecular flexibility index (Phi) is 2.92. The molecule has 1 aliphatic heterocycles. The number of carbonyl (C=O) groups excluding carboxylic acids is 1. The molecule has 20 heavy (non-hydrogen) atoms. The van der Waals surface area contributed by atoms with Crippen molar-refractivity contribution in [1.82, 2.24) is 5.43 Å². The van der Waals surface area contributed by atoms with Crippen LogP contribution in [0.1, 0.15) is 35.4 Å². The van der Waals surface area contributed by atoms with Crippen molar-refractivity contribution in [3.63, 3.8) is 0 Å². The Bertz CT molecular complexity index is 592. The first kappa shape index (κ1) is 13.0. The normalized spacial score (nSPS) is 19.1. The largest absolute Gasteiger partial charge is 0.466 e. The number of nitrogens with zero attached hydrogens (tertiary/aromatic N) is 1. The molecule has 1 saturated carbocycles. The molecule has 1 amide bonds. The summed E-state index contributed by atoms with van der Waals surface area (Å²) in [5, 5.41) is 3.62. The molecule has 0 saturated heterocycles. The molecule has 0 bridgehead atoms. The molecule has 2 aliphatic rings. The molecule has 0 radical (unpaired) electrons. The molecule has 1 aliphatic carbocycles. The number of carbonyl (C=O) groups is 1. The van der Waals surface area contributed by atoms with Crippen molar-refractivity contribution >= 4 is 11.8 Å². The van der Waals surface area contributed by atoms with Gasteiger partial charge in [0.15, 0.2) is 6.61 Å². The van der Waals surface area contributed by atoms with Crippen molar-refractivity contribution in [1.29, 1.82) is 0 Å². The van der Waals surface area contributed by atoms with Crippen LogP contribution in [0.3, 0.4) is 0 Å². The highest BCUT2D eigenvalue weighted by atomic mass is 19.4. The molecule has 4 nitrogen and oxygen atoms in total. The fourth-order valence-corrected chi connectivity index (χ4v) is 2.14. The second-order valence-corrected chi connectivity index (χ2v) is 4.81. The molecule has 1 N–H and O–H groups in total. The maximum atomic E-state index is 13.1. The van der Waals surface area contributed by atoms with E-state index < -0.39 is 17.6 Å². The molecular weight excluding hydrogens is 273 g/mol. The zero-order valence-corrected chi connectivity index (χ0v) is 10.3. The molecule has 1 fully saturated rings. The van der Waals surface area contributed by atoms with Gasteiger partial charge in [0.25, 0.3) is 5.91 Å². The summed E-state index contributed by atoms with van der Waals surface area (Å²) in [6.07, 6.45) is -2.84. The third kappa shape index (κ3) is 2.48. The summed E-state index contributed by atoms with van der Waals surface area (Å²) in [6, 6.07) is 4.04. The van der Waals surface area contributed by atoms with Crippen LogP contribution in [0.5, 0.6) is 0 Å². The number of halogens is 3. The highest BCUT2D eigenvalue weighted by Gasteiger charge is 2.38. The fraction of sp³-hybridized carbons (Fsp3) is 0.385. The van der Waals surface area contributed by atoms with E-state index in [0.29, 0.717) is 5.56 Å². The number of amides is 1. The zero-order valence-electron chi connectivity index (χ0n) is 10.3. The number of alkyl halides is 3. The Labute approximate surface area is 112 Å². The summed E-state index contributed by atoms with van der Waals surface area (Å²) < 4.78 is 44.3. The van der Waals surface area contributed by atoms with Crippen LogP contribution in [0.2, 0.25) is 0 Å². The lowest BCUT2D eigenvalue weighted by atomic mass is 9.99. The Morgan fingerprint density at radius 1 is 1.30 bits per heavy atom. The number of rotatable bonds is 2. The Balaban J connectivity index is 1.99. The van der Waals surface area contributed by atoms with E-state index in [1.807, 2.05) is 0 Å². The van der Waals surface area contributed by atoms with Crippen LogP contribution in [-0.4, -0.2) is 18.4 Å². The second kappa shape index (κ2) is 4.50. The Morgan fingerprint density at radius 3 is 2.60 bits per heavy atom. The van der Waals surface area contributed by atoms with Gasteiger partial charge in [-0.1, -0.05) is 6.07 Å². The molecule has 3 rings (SSSR count). The minimum absolute atomic E-state index is 0.00236. The van der Waals surface area contributed by atoms with Crippen molar-refractivity contribution in [2.45, 2.75) is 24.9 Å². The van der Waals surface area contributed by atoms with E-state index in [1.54, 1.807) is 6.07 Å². The molecule has 0 unspecified atom stereocenters. The SMILES string of the molecule is O=C1COC(c2ccc(C3CC3)c(C(F)(F)F)c2)=NN1. The molecule has 106 valence electrons. The minimum atomic E-state index is -4.41. The average molecular weight is 284 g/mol. The summed E-state index contributed by atoms with van der Waals surface area (Å²) in [7, 11) is 0. The van der Waals surface area contributed by atoms with Gasteiger partial charge in [-0.2, -0.15) is 13.2 Å². The van der Waals surface area contributed by atoms with Crippen LogP contribution in [-0.2, 0) is 15.7 Å². The van der Waals surface area contributed by atoms with Crippen molar-refractivity contribution in [2.75, 3.05) is 6.61 Å². The van der Waals surface area contributed by atoms with E-state index in [0.717, 1.165) is 18.9 Å². The maximum Gasteiger partial charge on any atom is 0.416 e. The first-order valence-corrected chi connectivity index (χ1v) is 6.16. The van der Waals surface area contributed by atoms with Gasteiger partial charge in [-0.15, -0.1) is 5.10 Å². The molecule has 0 atom stereocenters. The molecule has 0 spiro atoms. The second-order valence-electron chi connectivity index (χ2n) is 4.81. The van der Waals surface area contributed by atoms with Crippen molar-refractivity contribution in [2.24, 2.45) is 5.10 Å². The number of nitrogens with one attached hydrogen (secondary N) is 1. The van der Waals surface area contributed by atoms with Crippen molar-refractivity contribution in [3.8, 4) is 0 Å². The third-order valence-corrected chi connectivity index (χ3v) is 3.24. The topological polar surface area (TPSA) is 50.7 Å². The third-order valence-electron chi connectivity index (χ3n) is 3.24. The van der Waals surface area contributed by atoms with Gasteiger partial charge >= 0.3 is 6.18 Å². The van der Waals surface area contributed by atoms with Gasteiger partial charge in [-0.3, -0.25) is 4.79 Å². The first-order chi connectivity index (χ1) is 9.45. The van der Waals surface area contributed by atoms with Crippen LogP contribution in [0.25, 0.3) is 0 Å². The molecular formula is C13H11F3N2O2. The monoisotopic (exact) mass is 284 g/mol. The van der Waals surface area contributed by atoms with E-state index in [9.17, 15) is 18.0 Å². The maximum absolute atomic E-state index is 13.1. The summed E-state index contributed by atoms with van der Waals surface area (Å²) in [5.41, 5.74) is 2.06. The number of ether oxygens (including phenoxy) is 1. The van der Waals surface area contributed by atoms with Crippen LogP contribution < -0.4 is 5.43 Å². The molecule has 0 aromatic heterocycles. The zero-order chi connectivity index (χ0) is 14.3. The Hall–Kier alpha value is -2.05. The predicted molar refractivity (Wildman–Crippen MR) is 64.1 cm³/mol. The van der Waals surface area contributed by atoms with Gasteiger partial charge in [0.05, 0.1) is 5.56 Å². The quantitative estimate of drug-likeness (QED) is 0.906. The lowest BCUT2D eigenvalue weighted by Gasteiger charge is -2.17. The fourth-order valence-electron chi connectivity index (χ4n) is 2.14. The van der Waals surface area contributed by atoms with E-state index in [2.05, 4.69) is 10.5 Å². The van der Waals surface area contributed by atoms with Gasteiger partial charge in [0, 0.05) is 5.56 Å². The summed E-state index contributed by atoms with van der Waals surface area (Å²) >= 11 is 0. The molecule has 7 heteroatoms. The van der Waals surface area contributed by atoms with Crippen LogP contribution in [0.4, 0.5) is 13.2 Å². The van der Waals surface area contributed by atoms with Crippen molar-refractivity contribution < 1.29 is 22.7 Å². The van der Waals surface area contributed by atoms with Gasteiger partial charge in [0.2, 0.25) is 5.90 Å². The summed E-state index contributed by atoms with van der Waals surface area (Å²) in [5.74, 6) is -0.438. The van der Waals surface area contributed by atoms with E-state index in [-0.39, 0.29) is 24.0 Å². The van der Waals surface area contributed by atoms with Gasteiger partial charge in [0.1, 0.15) is 0 Å². The lowest BCUT2D eigenvalue weighted by molar-refractivity contribution is -0.138. The molecule has 1 heterocycles. The van der Waals surface area contributed by atoms with Gasteiger partial charge in [-0.25, -0.2) is 5.43 Å². The number of hydrogen-bond donors (Lipinski definition) is 1. The number of hydrogen-bond acceptors (Lipinski definition) is 3. The van der Waals surface area contributed by atoms with Crippen LogP contribution in [0.15, 0.2) is 23.3 Å². The standard InChI is InChI=1S/C13H11F3N2O2/c14-13(15,16)10-5-8(3-4-9(10)7-1-2-7)12-18-17-11(19)6-20-12/h3-5,7H,1-2,6H2,(H,17,19). The number of benzene rings is 1. The average Bonchev–Trinajstić information content (AvgIpc) is 3.22. The molecule has 1 aromatic carbocycles. The van der Waals surface area contributed by atoms with E-state index in [4.69, 9.17) is 4.74 Å². The highest BCUT2D eigenvalue weighted by Crippen LogP contribution is 2.46. The van der Waals surface area contributed by atoms with E-state index in [1.165, 1.54) is 6.07 Å². The van der Waals surface area contributed by atoms with Crippen LogP contribution >= 0.6 is 0 Å². The van der Waals surface area contributed by atoms with E-state index >= 15 is 0 Å². The predicted octanol–water partition coefficient (Wildman–Crippen LogP) is 2.39. The Morgan fingerprint density at radius 2 is 2.05 bits per heavy atom. The highest BCUT2D eigenvalue weighted by molar-refractivity contribution is 5.98. The van der Waals surface area contributed by atoms with Crippen LogP contribution in [0, 0.1) is 0 Å². The van der Waals surface area contributed by atoms with Crippen molar-refractivity contribution in [3.05, 3.63) is 34.9 Å². The smallest absolute Gasteiger partial charge is 0.416 e.